The van der Waals surface area contributed by atoms with E-state index in [2.05, 4.69) is 53.8 Å². The molecule has 1 unspecified atom stereocenters. The van der Waals surface area contributed by atoms with Crippen LogP contribution in [0.25, 0.3) is 0 Å². The average molecular weight is 254 g/mol. The van der Waals surface area contributed by atoms with Gasteiger partial charge in [0, 0.05) is 18.5 Å². The highest BCUT2D eigenvalue weighted by atomic mass is 16.1. The first-order chi connectivity index (χ1) is 7.88. The van der Waals surface area contributed by atoms with E-state index in [0.29, 0.717) is 6.42 Å². The SMILES string of the molecule is CC(C)(C)CC(N)CC(=O)NC1C(C)(C)C1(C)C. The highest BCUT2D eigenvalue weighted by Crippen LogP contribution is 2.62. The first kappa shape index (κ1) is 15.5. The summed E-state index contributed by atoms with van der Waals surface area (Å²) in [6.45, 7) is 15.3. The molecule has 1 fully saturated rings. The number of rotatable bonds is 4. The Morgan fingerprint density at radius 1 is 1.22 bits per heavy atom. The van der Waals surface area contributed by atoms with Crippen molar-refractivity contribution < 1.29 is 4.79 Å². The molecule has 0 saturated heterocycles. The van der Waals surface area contributed by atoms with E-state index in [1.54, 1.807) is 0 Å². The van der Waals surface area contributed by atoms with Crippen molar-refractivity contribution in [1.29, 1.82) is 0 Å². The van der Waals surface area contributed by atoms with E-state index in [1.165, 1.54) is 0 Å². The van der Waals surface area contributed by atoms with Crippen LogP contribution in [0.5, 0.6) is 0 Å². The first-order valence-corrected chi connectivity index (χ1v) is 6.93. The number of amides is 1. The van der Waals surface area contributed by atoms with Gasteiger partial charge in [-0.3, -0.25) is 4.79 Å². The van der Waals surface area contributed by atoms with Crippen molar-refractivity contribution in [2.24, 2.45) is 22.0 Å². The summed E-state index contributed by atoms with van der Waals surface area (Å²) in [6.07, 6.45) is 1.30. The van der Waals surface area contributed by atoms with Crippen LogP contribution in [0.15, 0.2) is 0 Å². The summed E-state index contributed by atoms with van der Waals surface area (Å²) in [4.78, 5) is 12.0. The maximum absolute atomic E-state index is 12.0. The number of nitrogens with one attached hydrogen (secondary N) is 1. The van der Waals surface area contributed by atoms with Crippen molar-refractivity contribution in [3.8, 4) is 0 Å². The smallest absolute Gasteiger partial charge is 0.221 e. The zero-order valence-corrected chi connectivity index (χ0v) is 13.1. The number of nitrogens with two attached hydrogens (primary N) is 1. The second-order valence-electron chi connectivity index (χ2n) is 8.17. The molecule has 106 valence electrons. The Bertz CT molecular complexity index is 312. The van der Waals surface area contributed by atoms with E-state index < -0.39 is 0 Å². The Labute approximate surface area is 112 Å². The molecule has 1 rings (SSSR count). The molecule has 0 aromatic carbocycles. The quantitative estimate of drug-likeness (QED) is 0.810. The molecule has 0 heterocycles. The molecule has 0 spiro atoms. The lowest BCUT2D eigenvalue weighted by molar-refractivity contribution is -0.121. The molecule has 1 atom stereocenters. The molecule has 3 heteroatoms. The summed E-state index contributed by atoms with van der Waals surface area (Å²) in [5.41, 5.74) is 6.59. The van der Waals surface area contributed by atoms with Crippen LogP contribution >= 0.6 is 0 Å². The van der Waals surface area contributed by atoms with Gasteiger partial charge < -0.3 is 11.1 Å². The van der Waals surface area contributed by atoms with Gasteiger partial charge in [-0.05, 0) is 22.7 Å². The van der Waals surface area contributed by atoms with E-state index >= 15 is 0 Å². The maximum atomic E-state index is 12.0. The van der Waals surface area contributed by atoms with Gasteiger partial charge in [0.05, 0.1) is 0 Å². The maximum Gasteiger partial charge on any atom is 0.221 e. The normalized spacial score (nSPS) is 23.6. The summed E-state index contributed by atoms with van der Waals surface area (Å²) >= 11 is 0. The Morgan fingerprint density at radius 2 is 1.67 bits per heavy atom. The molecule has 3 N–H and O–H groups in total. The van der Waals surface area contributed by atoms with Gasteiger partial charge in [-0.2, -0.15) is 0 Å². The Hall–Kier alpha value is -0.570. The van der Waals surface area contributed by atoms with Crippen molar-refractivity contribution in [2.75, 3.05) is 0 Å². The summed E-state index contributed by atoms with van der Waals surface area (Å²) in [7, 11) is 0. The molecular weight excluding hydrogens is 224 g/mol. The molecule has 0 aromatic heterocycles. The van der Waals surface area contributed by atoms with Crippen LogP contribution < -0.4 is 11.1 Å². The fourth-order valence-electron chi connectivity index (χ4n) is 2.87. The number of hydrogen-bond acceptors (Lipinski definition) is 2. The standard InChI is InChI=1S/C15H30N2O/c1-13(2,3)9-10(16)8-11(18)17-12-14(4,5)15(12,6)7/h10,12H,8-9,16H2,1-7H3,(H,17,18). The van der Waals surface area contributed by atoms with Gasteiger partial charge in [-0.15, -0.1) is 0 Å². The van der Waals surface area contributed by atoms with E-state index in [0.717, 1.165) is 6.42 Å². The number of hydrogen-bond donors (Lipinski definition) is 2. The van der Waals surface area contributed by atoms with Crippen molar-refractivity contribution in [3.63, 3.8) is 0 Å². The van der Waals surface area contributed by atoms with Crippen LogP contribution in [-0.4, -0.2) is 18.0 Å². The Morgan fingerprint density at radius 3 is 2.00 bits per heavy atom. The molecule has 18 heavy (non-hydrogen) atoms. The lowest BCUT2D eigenvalue weighted by Crippen LogP contribution is -2.36. The van der Waals surface area contributed by atoms with E-state index in [9.17, 15) is 4.79 Å². The fourth-order valence-corrected chi connectivity index (χ4v) is 2.87. The van der Waals surface area contributed by atoms with Gasteiger partial charge in [0.1, 0.15) is 0 Å². The van der Waals surface area contributed by atoms with Crippen LogP contribution in [0.3, 0.4) is 0 Å². The van der Waals surface area contributed by atoms with Crippen molar-refractivity contribution in [2.45, 2.75) is 73.4 Å². The summed E-state index contributed by atoms with van der Waals surface area (Å²) in [5, 5.41) is 3.13. The third-order valence-corrected chi connectivity index (χ3v) is 4.65. The van der Waals surface area contributed by atoms with E-state index in [1.807, 2.05) is 0 Å². The van der Waals surface area contributed by atoms with Gasteiger partial charge in [-0.25, -0.2) is 0 Å². The summed E-state index contributed by atoms with van der Waals surface area (Å²) in [5.74, 6) is 0.0930. The molecule has 1 amide bonds. The lowest BCUT2D eigenvalue weighted by Gasteiger charge is -2.22. The molecule has 3 nitrogen and oxygen atoms in total. The minimum Gasteiger partial charge on any atom is -0.352 e. The monoisotopic (exact) mass is 254 g/mol. The lowest BCUT2D eigenvalue weighted by atomic mass is 9.87. The highest BCUT2D eigenvalue weighted by molar-refractivity contribution is 5.77. The van der Waals surface area contributed by atoms with Gasteiger partial charge in [0.15, 0.2) is 0 Å². The van der Waals surface area contributed by atoms with Gasteiger partial charge in [0.25, 0.3) is 0 Å². The number of carbonyl (C=O) groups excluding carboxylic acids is 1. The van der Waals surface area contributed by atoms with Crippen molar-refractivity contribution >= 4 is 5.91 Å². The second-order valence-corrected chi connectivity index (χ2v) is 8.17. The topological polar surface area (TPSA) is 55.1 Å². The van der Waals surface area contributed by atoms with Crippen LogP contribution in [0.2, 0.25) is 0 Å². The molecule has 0 bridgehead atoms. The van der Waals surface area contributed by atoms with Crippen LogP contribution in [0.1, 0.15) is 61.3 Å². The first-order valence-electron chi connectivity index (χ1n) is 6.93. The van der Waals surface area contributed by atoms with Gasteiger partial charge in [-0.1, -0.05) is 48.5 Å². The number of carbonyl (C=O) groups is 1. The average Bonchev–Trinajstić information content (AvgIpc) is 2.43. The largest absolute Gasteiger partial charge is 0.352 e. The molecule has 0 aromatic rings. The molecule has 0 aliphatic heterocycles. The minimum absolute atomic E-state index is 0.0463. The minimum atomic E-state index is -0.0463. The summed E-state index contributed by atoms with van der Waals surface area (Å²) < 4.78 is 0. The Balaban J connectivity index is 2.40. The molecule has 0 radical (unpaired) electrons. The summed E-state index contributed by atoms with van der Waals surface area (Å²) in [6, 6.07) is 0.231. The second kappa shape index (κ2) is 4.52. The zero-order valence-electron chi connectivity index (χ0n) is 13.1. The van der Waals surface area contributed by atoms with Crippen LogP contribution in [0, 0.1) is 16.2 Å². The highest BCUT2D eigenvalue weighted by Gasteiger charge is 2.65. The molecular formula is C15H30N2O. The predicted octanol–water partition coefficient (Wildman–Crippen LogP) is 2.69. The Kier molecular flexibility index (Phi) is 3.89. The molecule has 1 aliphatic rings. The van der Waals surface area contributed by atoms with E-state index in [4.69, 9.17) is 5.73 Å². The van der Waals surface area contributed by atoms with Gasteiger partial charge >= 0.3 is 0 Å². The van der Waals surface area contributed by atoms with Gasteiger partial charge in [0.2, 0.25) is 5.91 Å². The van der Waals surface area contributed by atoms with Crippen LogP contribution in [-0.2, 0) is 4.79 Å². The fraction of sp³-hybridized carbons (Fsp3) is 0.933. The van der Waals surface area contributed by atoms with Crippen molar-refractivity contribution in [3.05, 3.63) is 0 Å². The van der Waals surface area contributed by atoms with Crippen molar-refractivity contribution in [1.82, 2.24) is 5.32 Å². The third-order valence-electron chi connectivity index (χ3n) is 4.65. The third kappa shape index (κ3) is 3.25. The molecule has 1 saturated carbocycles. The zero-order chi connectivity index (χ0) is 14.4. The predicted molar refractivity (Wildman–Crippen MR) is 76.2 cm³/mol. The molecule has 1 aliphatic carbocycles. The van der Waals surface area contributed by atoms with E-state index in [-0.39, 0.29) is 34.2 Å². The van der Waals surface area contributed by atoms with Crippen LogP contribution in [0.4, 0.5) is 0 Å².